The van der Waals surface area contributed by atoms with E-state index in [2.05, 4.69) is 55.9 Å². The monoisotopic (exact) mass is 634 g/mol. The van der Waals surface area contributed by atoms with Crippen LogP contribution in [-0.4, -0.2) is 83.2 Å². The number of likely N-dealkylation sites (N-methyl/N-ethyl adjacent to an activating group) is 1. The Labute approximate surface area is 254 Å². The van der Waals surface area contributed by atoms with Gasteiger partial charge < -0.3 is 24.3 Å². The first-order valence-electron chi connectivity index (χ1n) is 14.6. The molecule has 1 aromatic carbocycles. The molecule has 2 fully saturated rings. The van der Waals surface area contributed by atoms with Crippen LogP contribution in [0.15, 0.2) is 47.0 Å². The van der Waals surface area contributed by atoms with Crippen LogP contribution in [0, 0.1) is 11.3 Å². The van der Waals surface area contributed by atoms with Gasteiger partial charge in [-0.3, -0.25) is 0 Å². The summed E-state index contributed by atoms with van der Waals surface area (Å²) in [7, 11) is 2.13. The summed E-state index contributed by atoms with van der Waals surface area (Å²) in [4.78, 5) is 23.5. The Morgan fingerprint density at radius 1 is 1.14 bits per heavy atom. The van der Waals surface area contributed by atoms with Gasteiger partial charge in [-0.2, -0.15) is 15.2 Å². The van der Waals surface area contributed by atoms with Crippen molar-refractivity contribution in [3.8, 4) is 12.1 Å². The second kappa shape index (κ2) is 12.4. The van der Waals surface area contributed by atoms with Gasteiger partial charge in [-0.05, 0) is 57.3 Å². The quantitative estimate of drug-likeness (QED) is 0.354. The van der Waals surface area contributed by atoms with E-state index < -0.39 is 0 Å². The minimum absolute atomic E-state index is 0.131. The first kappa shape index (κ1) is 28.6. The Kier molecular flexibility index (Phi) is 8.45. The van der Waals surface area contributed by atoms with Crippen LogP contribution in [0.25, 0.3) is 10.8 Å². The number of halogens is 2. The molecule has 3 aliphatic heterocycles. The van der Waals surface area contributed by atoms with Gasteiger partial charge in [-0.1, -0.05) is 28.1 Å². The molecule has 2 unspecified atom stereocenters. The van der Waals surface area contributed by atoms with E-state index in [1.54, 1.807) is 0 Å². The van der Waals surface area contributed by atoms with E-state index in [4.69, 9.17) is 19.7 Å². The molecule has 0 radical (unpaired) electrons. The lowest BCUT2D eigenvalue weighted by Crippen LogP contribution is -2.51. The van der Waals surface area contributed by atoms with E-state index in [1.807, 2.05) is 23.2 Å². The molecular formula is C31H36BrFN8O. The average Bonchev–Trinajstić information content (AvgIpc) is 3.40. The maximum Gasteiger partial charge on any atom is 0.318 e. The van der Waals surface area contributed by atoms with E-state index in [0.717, 1.165) is 64.1 Å². The molecule has 3 aromatic rings. The lowest BCUT2D eigenvalue weighted by Gasteiger charge is -2.42. The first-order chi connectivity index (χ1) is 20.4. The molecule has 11 heteroatoms. The van der Waals surface area contributed by atoms with Crippen molar-refractivity contribution in [1.82, 2.24) is 24.8 Å². The summed E-state index contributed by atoms with van der Waals surface area (Å²) in [5.41, 5.74) is 2.04. The van der Waals surface area contributed by atoms with Crippen molar-refractivity contribution in [2.45, 2.75) is 51.2 Å². The number of ether oxygens (including phenoxy) is 1. The summed E-state index contributed by atoms with van der Waals surface area (Å²) >= 11 is 3.74. The van der Waals surface area contributed by atoms with Gasteiger partial charge in [0.05, 0.1) is 30.8 Å². The Balaban J connectivity index is 1.34. The number of pyridine rings is 1. The van der Waals surface area contributed by atoms with Crippen LogP contribution < -0.4 is 14.5 Å². The smallest absolute Gasteiger partial charge is 0.318 e. The molecule has 0 N–H and O–H groups in total. The van der Waals surface area contributed by atoms with Gasteiger partial charge in [0, 0.05) is 60.0 Å². The lowest BCUT2D eigenvalue weighted by molar-refractivity contribution is 0.187. The van der Waals surface area contributed by atoms with Crippen LogP contribution in [0.4, 0.5) is 16.0 Å². The molecule has 3 aliphatic rings. The Morgan fingerprint density at radius 2 is 2.02 bits per heavy atom. The number of fused-ring (bicyclic) bond motifs is 2. The second-order valence-corrected chi connectivity index (χ2v) is 12.3. The van der Waals surface area contributed by atoms with Crippen LogP contribution in [0.2, 0.25) is 0 Å². The van der Waals surface area contributed by atoms with Crippen LogP contribution in [0.3, 0.4) is 0 Å². The Bertz CT molecular complexity index is 1520. The molecule has 5 heterocycles. The molecule has 0 amide bonds. The molecule has 6 rings (SSSR count). The molecule has 42 heavy (non-hydrogen) atoms. The van der Waals surface area contributed by atoms with E-state index in [-0.39, 0.29) is 11.9 Å². The highest BCUT2D eigenvalue weighted by Crippen LogP contribution is 2.36. The summed E-state index contributed by atoms with van der Waals surface area (Å²) in [6, 6.07) is 11.1. The highest BCUT2D eigenvalue weighted by atomic mass is 79.9. The fourth-order valence-corrected chi connectivity index (χ4v) is 6.97. The maximum absolute atomic E-state index is 13.8. The third-order valence-electron chi connectivity index (χ3n) is 8.62. The molecule has 2 atom stereocenters. The number of hydrogen-bond donors (Lipinski definition) is 0. The number of piperazine rings is 1. The summed E-state index contributed by atoms with van der Waals surface area (Å²) in [6.07, 6.45) is 6.71. The topological polar surface area (TPSA) is 84.7 Å². The highest BCUT2D eigenvalue weighted by molar-refractivity contribution is 9.10. The van der Waals surface area contributed by atoms with Crippen molar-refractivity contribution in [2.24, 2.45) is 0 Å². The van der Waals surface area contributed by atoms with Crippen LogP contribution in [-0.2, 0) is 13.0 Å². The number of nitrogens with zero attached hydrogens (tertiary/aromatic N) is 8. The molecule has 0 spiro atoms. The average molecular weight is 636 g/mol. The van der Waals surface area contributed by atoms with Crippen LogP contribution in [0.1, 0.15) is 37.4 Å². The molecular weight excluding hydrogens is 599 g/mol. The number of hydrogen-bond acceptors (Lipinski definition) is 9. The largest absolute Gasteiger partial charge is 0.462 e. The van der Waals surface area contributed by atoms with Gasteiger partial charge in [0.2, 0.25) is 0 Å². The molecule has 0 bridgehead atoms. The number of likely N-dealkylation sites (tertiary alicyclic amines) is 1. The maximum atomic E-state index is 13.8. The van der Waals surface area contributed by atoms with E-state index in [1.165, 1.54) is 19.5 Å². The number of allylic oxidation sites excluding steroid dienone is 1. The summed E-state index contributed by atoms with van der Waals surface area (Å²) in [5, 5.41) is 11.7. The fourth-order valence-electron chi connectivity index (χ4n) is 6.41. The Hall–Kier alpha value is -3.49. The third kappa shape index (κ3) is 5.88. The van der Waals surface area contributed by atoms with Crippen molar-refractivity contribution in [1.29, 1.82) is 5.26 Å². The normalized spacial score (nSPS) is 21.5. The van der Waals surface area contributed by atoms with Gasteiger partial charge in [-0.15, -0.1) is 0 Å². The number of nitriles is 1. The minimum Gasteiger partial charge on any atom is -0.462 e. The fraction of sp³-hybridized carbons (Fsp3) is 0.484. The van der Waals surface area contributed by atoms with Crippen molar-refractivity contribution >= 4 is 38.3 Å². The van der Waals surface area contributed by atoms with Gasteiger partial charge in [0.15, 0.2) is 0 Å². The van der Waals surface area contributed by atoms with Crippen molar-refractivity contribution in [3.05, 3.63) is 58.2 Å². The SMILES string of the molecule is CC(F)=CN1CCN(c2nc(OCC3CCCN3C)nc3c2CCN(c2nccc4cccc(Br)c24)C3)CC1CC#N. The molecule has 0 aliphatic carbocycles. The summed E-state index contributed by atoms with van der Waals surface area (Å²) in [5.74, 6) is 1.54. The molecule has 220 valence electrons. The van der Waals surface area contributed by atoms with Crippen molar-refractivity contribution < 1.29 is 9.13 Å². The predicted octanol–water partition coefficient (Wildman–Crippen LogP) is 5.06. The summed E-state index contributed by atoms with van der Waals surface area (Å²) < 4.78 is 21.1. The number of benzene rings is 1. The van der Waals surface area contributed by atoms with E-state index >= 15 is 0 Å². The number of aromatic nitrogens is 3. The highest BCUT2D eigenvalue weighted by Gasteiger charge is 2.32. The zero-order valence-corrected chi connectivity index (χ0v) is 25.7. The van der Waals surface area contributed by atoms with E-state index in [9.17, 15) is 9.65 Å². The number of rotatable bonds is 7. The van der Waals surface area contributed by atoms with Gasteiger partial charge in [-0.25, -0.2) is 9.37 Å². The van der Waals surface area contributed by atoms with Gasteiger partial charge >= 0.3 is 6.01 Å². The van der Waals surface area contributed by atoms with Gasteiger partial charge in [0.25, 0.3) is 0 Å². The van der Waals surface area contributed by atoms with Gasteiger partial charge in [0.1, 0.15) is 24.1 Å². The Morgan fingerprint density at radius 3 is 2.81 bits per heavy atom. The standard InChI is InChI=1S/C31H36BrFN8O/c1-21(33)17-39-15-16-41(18-23(39)8-11-34)29-25-10-14-40(30-28-22(9-12-35-30)5-3-7-26(28)32)19-27(25)36-31(37-29)42-20-24-6-4-13-38(24)2/h3,5,7,9,12,17,23-24H,4,6,8,10,13-16,18-20H2,1-2H3. The second-order valence-electron chi connectivity index (χ2n) is 11.4. The molecule has 9 nitrogen and oxygen atoms in total. The zero-order valence-electron chi connectivity index (χ0n) is 24.1. The van der Waals surface area contributed by atoms with Crippen LogP contribution in [0.5, 0.6) is 6.01 Å². The number of anilines is 2. The predicted molar refractivity (Wildman–Crippen MR) is 165 cm³/mol. The molecule has 0 saturated carbocycles. The molecule has 2 saturated heterocycles. The minimum atomic E-state index is -0.257. The lowest BCUT2D eigenvalue weighted by atomic mass is 10.0. The van der Waals surface area contributed by atoms with Crippen LogP contribution >= 0.6 is 15.9 Å². The summed E-state index contributed by atoms with van der Waals surface area (Å²) in [6.45, 7) is 6.27. The first-order valence-corrected chi connectivity index (χ1v) is 15.4. The van der Waals surface area contributed by atoms with Crippen molar-refractivity contribution in [3.63, 3.8) is 0 Å². The zero-order chi connectivity index (χ0) is 29.2. The molecule has 2 aromatic heterocycles. The van der Waals surface area contributed by atoms with E-state index in [0.29, 0.717) is 51.3 Å². The van der Waals surface area contributed by atoms with Crippen molar-refractivity contribution in [2.75, 3.05) is 56.2 Å². The third-order valence-corrected chi connectivity index (χ3v) is 9.28.